The van der Waals surface area contributed by atoms with E-state index in [1.807, 2.05) is 46.5 Å². The van der Waals surface area contributed by atoms with E-state index in [9.17, 15) is 9.59 Å². The van der Waals surface area contributed by atoms with Gasteiger partial charge in [-0.2, -0.15) is 0 Å². The van der Waals surface area contributed by atoms with Crippen LogP contribution in [0.15, 0.2) is 110 Å². The Bertz CT molecular complexity index is 2250. The van der Waals surface area contributed by atoms with Crippen molar-refractivity contribution in [3.8, 4) is 22.3 Å². The lowest BCUT2D eigenvalue weighted by Crippen LogP contribution is -2.31. The van der Waals surface area contributed by atoms with Crippen LogP contribution in [-0.2, 0) is 22.4 Å². The molecule has 9 rings (SSSR count). The molecular weight excluding hydrogens is 673 g/mol. The Labute approximate surface area is 313 Å². The van der Waals surface area contributed by atoms with Crippen LogP contribution in [0, 0.1) is 0 Å². The first kappa shape index (κ1) is 33.7. The number of carbonyl (C=O) groups is 2. The number of nitrogens with zero attached hydrogens (tertiary/aromatic N) is 6. The van der Waals surface area contributed by atoms with E-state index in [1.165, 1.54) is 0 Å². The van der Waals surface area contributed by atoms with Gasteiger partial charge in [0.25, 0.3) is 0 Å². The number of hydrogen-bond donors (Lipinski definition) is 2. The molecule has 2 aliphatic heterocycles. The first-order chi connectivity index (χ1) is 26.6. The van der Waals surface area contributed by atoms with Crippen LogP contribution in [0.1, 0.15) is 73.4 Å². The summed E-state index contributed by atoms with van der Waals surface area (Å²) in [4.78, 5) is 55.8. The number of nitrogens with one attached hydrogen (secondary N) is 2. The van der Waals surface area contributed by atoms with Crippen LogP contribution in [-0.4, -0.2) is 64.6 Å². The van der Waals surface area contributed by atoms with E-state index in [0.29, 0.717) is 25.7 Å². The quantitative estimate of drug-likeness (QED) is 0.147. The Morgan fingerprint density at radius 2 is 1.04 bits per heavy atom. The number of pyridine rings is 2. The predicted octanol–water partition coefficient (Wildman–Crippen LogP) is 8.16. The number of fused-ring (bicyclic) bond motifs is 2. The van der Waals surface area contributed by atoms with Gasteiger partial charge in [-0.05, 0) is 108 Å². The van der Waals surface area contributed by atoms with Gasteiger partial charge in [-0.3, -0.25) is 19.6 Å². The van der Waals surface area contributed by atoms with Crippen LogP contribution >= 0.6 is 0 Å². The van der Waals surface area contributed by atoms with E-state index < -0.39 is 0 Å². The summed E-state index contributed by atoms with van der Waals surface area (Å²) in [6.45, 7) is 1.52. The fourth-order valence-corrected chi connectivity index (χ4v) is 8.17. The number of imidazole rings is 2. The Hall–Kier alpha value is -6.16. The monoisotopic (exact) mass is 714 g/mol. The number of benzene rings is 3. The molecule has 2 fully saturated rings. The first-order valence-electron chi connectivity index (χ1n) is 19.0. The highest BCUT2D eigenvalue weighted by Crippen LogP contribution is 2.35. The summed E-state index contributed by atoms with van der Waals surface area (Å²) in [7, 11) is 0. The predicted molar refractivity (Wildman–Crippen MR) is 209 cm³/mol. The molecule has 0 aliphatic carbocycles. The summed E-state index contributed by atoms with van der Waals surface area (Å²) in [5.74, 6) is 2.04. The lowest BCUT2D eigenvalue weighted by molar-refractivity contribution is -0.133. The highest BCUT2D eigenvalue weighted by atomic mass is 16.2. The number of carbonyl (C=O) groups excluding carboxylic acids is 2. The molecule has 4 aromatic heterocycles. The SMILES string of the molecule is O=C(CCc1cccnc1)N1CCC[C@@H]1c1nc2ccc(-c3ccc(-c4ccc5nc([C@@H]6CCCN6C(=O)CCc6cccnc6)[nH]c5c4)cc3)cc2[nH]1. The van der Waals surface area contributed by atoms with Gasteiger partial charge in [-0.25, -0.2) is 9.97 Å². The van der Waals surface area contributed by atoms with Crippen molar-refractivity contribution in [1.82, 2.24) is 39.7 Å². The molecule has 0 spiro atoms. The number of H-pyrrole nitrogens is 2. The van der Waals surface area contributed by atoms with Crippen LogP contribution in [0.2, 0.25) is 0 Å². The van der Waals surface area contributed by atoms with Gasteiger partial charge < -0.3 is 19.8 Å². The van der Waals surface area contributed by atoms with Crippen LogP contribution in [0.25, 0.3) is 44.3 Å². The standard InChI is InChI=1S/C44H42N8O2/c53-41(19-9-29-5-1-21-45-27-29)51-23-3-7-39(51)43-47-35-17-15-33(25-37(35)49-43)31-11-13-32(14-12-31)34-16-18-36-38(26-34)50-44(48-36)40-8-4-24-52(40)42(54)20-10-30-6-2-22-46-28-30/h1-2,5-6,11-18,21-22,25-28,39-40H,3-4,7-10,19-20,23-24H2,(H,47,49)(H,48,50)/t39-,40+. The first-order valence-corrected chi connectivity index (χ1v) is 19.0. The second-order valence-electron chi connectivity index (χ2n) is 14.5. The maximum Gasteiger partial charge on any atom is 0.223 e. The molecule has 0 radical (unpaired) electrons. The summed E-state index contributed by atoms with van der Waals surface area (Å²) in [6, 6.07) is 29.1. The lowest BCUT2D eigenvalue weighted by Gasteiger charge is -2.23. The van der Waals surface area contributed by atoms with Gasteiger partial charge in [0.2, 0.25) is 11.8 Å². The van der Waals surface area contributed by atoms with Gasteiger partial charge >= 0.3 is 0 Å². The summed E-state index contributed by atoms with van der Waals surface area (Å²) in [5, 5.41) is 0. The lowest BCUT2D eigenvalue weighted by atomic mass is 10.00. The number of aryl methyl sites for hydroxylation is 2. The van der Waals surface area contributed by atoms with Crippen LogP contribution in [0.4, 0.5) is 0 Å². The summed E-state index contributed by atoms with van der Waals surface area (Å²) < 4.78 is 0. The number of rotatable bonds is 10. The summed E-state index contributed by atoms with van der Waals surface area (Å²) in [5.41, 5.74) is 10.3. The van der Waals surface area contributed by atoms with Crippen molar-refractivity contribution in [3.05, 3.63) is 132 Å². The summed E-state index contributed by atoms with van der Waals surface area (Å²) in [6.07, 6.45) is 13.2. The van der Waals surface area contributed by atoms with Crippen LogP contribution < -0.4 is 0 Å². The minimum atomic E-state index is -0.0349. The van der Waals surface area contributed by atoms with Crippen molar-refractivity contribution < 1.29 is 9.59 Å². The normalized spacial score (nSPS) is 17.2. The number of aromatic amines is 2. The van der Waals surface area contributed by atoms with Crippen molar-refractivity contribution in [2.45, 2.75) is 63.5 Å². The largest absolute Gasteiger partial charge is 0.340 e. The van der Waals surface area contributed by atoms with E-state index in [4.69, 9.17) is 9.97 Å². The third kappa shape index (κ3) is 6.87. The average molecular weight is 715 g/mol. The molecule has 10 heteroatoms. The third-order valence-corrected chi connectivity index (χ3v) is 11.0. The zero-order valence-corrected chi connectivity index (χ0v) is 30.1. The van der Waals surface area contributed by atoms with E-state index >= 15 is 0 Å². The van der Waals surface area contributed by atoms with Gasteiger partial charge in [0.05, 0.1) is 34.2 Å². The second kappa shape index (κ2) is 14.7. The van der Waals surface area contributed by atoms with E-state index in [1.54, 1.807) is 12.4 Å². The molecule has 270 valence electrons. The molecule has 0 unspecified atom stereocenters. The molecule has 2 aliphatic rings. The third-order valence-electron chi connectivity index (χ3n) is 11.0. The zero-order chi connectivity index (χ0) is 36.4. The molecule has 2 amide bonds. The maximum atomic E-state index is 13.2. The molecule has 3 aromatic carbocycles. The number of aromatic nitrogens is 6. The average Bonchev–Trinajstić information content (AvgIpc) is 4.05. The van der Waals surface area contributed by atoms with E-state index in [0.717, 1.165) is 106 Å². The van der Waals surface area contributed by atoms with Crippen LogP contribution in [0.3, 0.4) is 0 Å². The molecule has 54 heavy (non-hydrogen) atoms. The molecular formula is C44H42N8O2. The molecule has 2 N–H and O–H groups in total. The molecule has 7 aromatic rings. The van der Waals surface area contributed by atoms with E-state index in [2.05, 4.69) is 80.6 Å². The molecule has 2 saturated heterocycles. The van der Waals surface area contributed by atoms with Crippen molar-refractivity contribution in [3.63, 3.8) is 0 Å². The van der Waals surface area contributed by atoms with Gasteiger partial charge in [0.15, 0.2) is 0 Å². The van der Waals surface area contributed by atoms with E-state index in [-0.39, 0.29) is 23.9 Å². The fraction of sp³-hybridized carbons (Fsp3) is 0.273. The minimum absolute atomic E-state index is 0.0349. The topological polar surface area (TPSA) is 124 Å². The van der Waals surface area contributed by atoms with Crippen molar-refractivity contribution >= 4 is 33.9 Å². The number of amides is 2. The van der Waals surface area contributed by atoms with Gasteiger partial charge in [0.1, 0.15) is 11.6 Å². The molecule has 0 saturated carbocycles. The summed E-state index contributed by atoms with van der Waals surface area (Å²) >= 11 is 0. The van der Waals surface area contributed by atoms with Crippen molar-refractivity contribution in [1.29, 1.82) is 0 Å². The molecule has 10 nitrogen and oxygen atoms in total. The Balaban J connectivity index is 0.874. The zero-order valence-electron chi connectivity index (χ0n) is 30.1. The van der Waals surface area contributed by atoms with Crippen LogP contribution in [0.5, 0.6) is 0 Å². The van der Waals surface area contributed by atoms with Crippen molar-refractivity contribution in [2.24, 2.45) is 0 Å². The Morgan fingerprint density at radius 1 is 0.593 bits per heavy atom. The minimum Gasteiger partial charge on any atom is -0.340 e. The molecule has 2 atom stereocenters. The Kier molecular flexibility index (Phi) is 9.16. The second-order valence-corrected chi connectivity index (χ2v) is 14.5. The highest BCUT2D eigenvalue weighted by Gasteiger charge is 2.33. The van der Waals surface area contributed by atoms with Gasteiger partial charge in [-0.1, -0.05) is 48.5 Å². The number of likely N-dealkylation sites (tertiary alicyclic amines) is 2. The fourth-order valence-electron chi connectivity index (χ4n) is 8.17. The Morgan fingerprint density at radius 3 is 1.46 bits per heavy atom. The molecule has 6 heterocycles. The number of hydrogen-bond acceptors (Lipinski definition) is 6. The van der Waals surface area contributed by atoms with Gasteiger partial charge in [-0.15, -0.1) is 0 Å². The maximum absolute atomic E-state index is 13.2. The van der Waals surface area contributed by atoms with Crippen molar-refractivity contribution in [2.75, 3.05) is 13.1 Å². The molecule has 0 bridgehead atoms. The van der Waals surface area contributed by atoms with Gasteiger partial charge in [0, 0.05) is 50.7 Å². The highest BCUT2D eigenvalue weighted by molar-refractivity contribution is 5.85. The smallest absolute Gasteiger partial charge is 0.223 e.